The number of benzene rings is 3. The lowest BCUT2D eigenvalue weighted by molar-refractivity contribution is -0.123. The van der Waals surface area contributed by atoms with Gasteiger partial charge in [-0.15, -0.1) is 0 Å². The summed E-state index contributed by atoms with van der Waals surface area (Å²) in [6, 6.07) is 20.3. The Balaban J connectivity index is 1.46. The van der Waals surface area contributed by atoms with Crippen LogP contribution in [-0.4, -0.2) is 43.8 Å². The first-order chi connectivity index (χ1) is 18.3. The van der Waals surface area contributed by atoms with Gasteiger partial charge in [0.25, 0.3) is 0 Å². The Labute approximate surface area is 227 Å². The molecule has 0 radical (unpaired) electrons. The number of ether oxygens (including phenoxy) is 1. The normalized spacial score (nSPS) is 16.4. The van der Waals surface area contributed by atoms with E-state index in [0.29, 0.717) is 36.8 Å². The number of methoxy groups -OCH3 is 1. The molecule has 198 valence electrons. The molecule has 9 heteroatoms. The largest absolute Gasteiger partial charge is 0.497 e. The number of fused-ring (bicyclic) bond motifs is 1. The minimum atomic E-state index is -3.74. The molecule has 1 fully saturated rings. The Morgan fingerprint density at radius 1 is 1.05 bits per heavy atom. The first-order valence-electron chi connectivity index (χ1n) is 12.6. The lowest BCUT2D eigenvalue weighted by Gasteiger charge is -2.33. The van der Waals surface area contributed by atoms with Crippen molar-refractivity contribution in [3.8, 4) is 5.75 Å². The second kappa shape index (κ2) is 10.8. The van der Waals surface area contributed by atoms with Gasteiger partial charge in [-0.25, -0.2) is 13.4 Å². The molecule has 1 aliphatic rings. The quantitative estimate of drug-likeness (QED) is 0.302. The highest BCUT2D eigenvalue weighted by atomic mass is 32.2. The van der Waals surface area contributed by atoms with Gasteiger partial charge in [-0.3, -0.25) is 9.69 Å². The fraction of sp³-hybridized carbons (Fsp3) is 0.310. The smallest absolute Gasteiger partial charge is 0.243 e. The number of carbonyl (C=O) groups is 1. The van der Waals surface area contributed by atoms with E-state index in [9.17, 15) is 13.2 Å². The number of thiazole rings is 1. The zero-order valence-electron chi connectivity index (χ0n) is 21.8. The summed E-state index contributed by atoms with van der Waals surface area (Å²) >= 11 is 1.51. The second-order valence-corrected chi connectivity index (χ2v) is 12.6. The number of carbonyl (C=O) groups excluding carboxylic acids is 1. The Hall–Kier alpha value is -3.27. The summed E-state index contributed by atoms with van der Waals surface area (Å²) in [5.74, 6) is 0.0287. The number of sulfonamides is 1. The van der Waals surface area contributed by atoms with Crippen LogP contribution in [0.3, 0.4) is 0 Å². The van der Waals surface area contributed by atoms with E-state index < -0.39 is 15.9 Å². The summed E-state index contributed by atoms with van der Waals surface area (Å²) in [6.07, 6.45) is 1.24. The maximum atomic E-state index is 14.1. The highest BCUT2D eigenvalue weighted by Crippen LogP contribution is 2.35. The summed E-state index contributed by atoms with van der Waals surface area (Å²) in [5, 5.41) is 0.640. The molecule has 1 aromatic heterocycles. The number of anilines is 1. The molecular weight excluding hydrogens is 518 g/mol. The predicted molar refractivity (Wildman–Crippen MR) is 151 cm³/mol. The van der Waals surface area contributed by atoms with E-state index in [4.69, 9.17) is 9.72 Å². The van der Waals surface area contributed by atoms with E-state index in [1.165, 1.54) is 15.6 Å². The van der Waals surface area contributed by atoms with Crippen LogP contribution in [0, 0.1) is 19.8 Å². The van der Waals surface area contributed by atoms with Gasteiger partial charge < -0.3 is 4.74 Å². The van der Waals surface area contributed by atoms with Crippen LogP contribution >= 0.6 is 11.3 Å². The average molecular weight is 550 g/mol. The van der Waals surface area contributed by atoms with Crippen LogP contribution in [0.1, 0.15) is 29.5 Å². The van der Waals surface area contributed by atoms with Crippen molar-refractivity contribution in [1.82, 2.24) is 9.29 Å². The van der Waals surface area contributed by atoms with Crippen molar-refractivity contribution in [1.29, 1.82) is 0 Å². The van der Waals surface area contributed by atoms with Gasteiger partial charge in [-0.1, -0.05) is 53.8 Å². The molecule has 1 saturated heterocycles. The number of rotatable bonds is 7. The van der Waals surface area contributed by atoms with Crippen molar-refractivity contribution in [3.05, 3.63) is 83.4 Å². The van der Waals surface area contributed by atoms with Gasteiger partial charge in [0.05, 0.1) is 34.7 Å². The van der Waals surface area contributed by atoms with Gasteiger partial charge in [-0.2, -0.15) is 4.31 Å². The third-order valence-corrected chi connectivity index (χ3v) is 10.1. The van der Waals surface area contributed by atoms with Crippen molar-refractivity contribution in [2.75, 3.05) is 25.1 Å². The van der Waals surface area contributed by atoms with E-state index >= 15 is 0 Å². The van der Waals surface area contributed by atoms with E-state index in [1.807, 2.05) is 43.3 Å². The monoisotopic (exact) mass is 549 g/mol. The third kappa shape index (κ3) is 5.18. The molecular formula is C29H31N3O4S2. The van der Waals surface area contributed by atoms with Crippen LogP contribution in [0.15, 0.2) is 71.6 Å². The van der Waals surface area contributed by atoms with Crippen LogP contribution in [0.25, 0.3) is 10.2 Å². The molecule has 1 unspecified atom stereocenters. The van der Waals surface area contributed by atoms with Gasteiger partial charge >= 0.3 is 0 Å². The van der Waals surface area contributed by atoms with Gasteiger partial charge in [0.15, 0.2) is 5.13 Å². The lowest BCUT2D eigenvalue weighted by atomic mass is 9.98. The summed E-state index contributed by atoms with van der Waals surface area (Å²) in [7, 11) is -2.20. The first-order valence-corrected chi connectivity index (χ1v) is 14.9. The molecule has 0 N–H and O–H groups in total. The van der Waals surface area contributed by atoms with Gasteiger partial charge in [-0.05, 0) is 67.6 Å². The van der Waals surface area contributed by atoms with Crippen LogP contribution < -0.4 is 9.64 Å². The topological polar surface area (TPSA) is 79.8 Å². The first kappa shape index (κ1) is 26.3. The fourth-order valence-corrected chi connectivity index (χ4v) is 7.49. The number of nitrogens with zero attached hydrogens (tertiary/aromatic N) is 3. The van der Waals surface area contributed by atoms with Crippen molar-refractivity contribution in [2.24, 2.45) is 5.92 Å². The lowest BCUT2D eigenvalue weighted by Crippen LogP contribution is -2.46. The molecule has 0 aliphatic carbocycles. The number of amides is 1. The zero-order valence-corrected chi connectivity index (χ0v) is 23.4. The predicted octanol–water partition coefficient (Wildman–Crippen LogP) is 5.56. The van der Waals surface area contributed by atoms with Crippen LogP contribution in [0.4, 0.5) is 5.13 Å². The van der Waals surface area contributed by atoms with Crippen LogP contribution in [0.5, 0.6) is 5.75 Å². The van der Waals surface area contributed by atoms with Crippen molar-refractivity contribution >= 4 is 42.6 Å². The van der Waals surface area contributed by atoms with Crippen molar-refractivity contribution in [3.63, 3.8) is 0 Å². The molecule has 1 aliphatic heterocycles. The SMILES string of the molecule is COc1ccc(S(=O)(=O)N2CCCC(C(=O)N(Cc3ccccc3)c3nc4c(C)ccc(C)c4s3)C2)cc1. The Morgan fingerprint density at radius 2 is 1.76 bits per heavy atom. The van der Waals surface area contributed by atoms with Gasteiger partial charge in [0, 0.05) is 13.1 Å². The number of aryl methyl sites for hydroxylation is 2. The fourth-order valence-electron chi connectivity index (χ4n) is 4.85. The summed E-state index contributed by atoms with van der Waals surface area (Å²) in [4.78, 5) is 20.9. The molecule has 2 heterocycles. The molecule has 4 aromatic rings. The Morgan fingerprint density at radius 3 is 2.45 bits per heavy atom. The van der Waals surface area contributed by atoms with Crippen LogP contribution in [-0.2, 0) is 21.4 Å². The third-order valence-electron chi connectivity index (χ3n) is 7.04. The molecule has 3 aromatic carbocycles. The highest BCUT2D eigenvalue weighted by Gasteiger charge is 2.36. The standard InChI is InChI=1S/C29H31N3O4S2/c1-20-11-12-21(2)27-26(20)30-29(37-27)32(18-22-8-5-4-6-9-22)28(33)23-10-7-17-31(19-23)38(34,35)25-15-13-24(36-3)14-16-25/h4-6,8-9,11-16,23H,7,10,17-19H2,1-3H3. The number of piperidine rings is 1. The number of aromatic nitrogens is 1. The van der Waals surface area contributed by atoms with Gasteiger partial charge in [0.2, 0.25) is 15.9 Å². The highest BCUT2D eigenvalue weighted by molar-refractivity contribution is 7.89. The van der Waals surface area contributed by atoms with E-state index in [0.717, 1.165) is 26.9 Å². The zero-order chi connectivity index (χ0) is 26.9. The van der Waals surface area contributed by atoms with Gasteiger partial charge in [0.1, 0.15) is 5.75 Å². The minimum Gasteiger partial charge on any atom is -0.497 e. The molecule has 0 saturated carbocycles. The summed E-state index contributed by atoms with van der Waals surface area (Å²) < 4.78 is 34.5. The molecule has 0 bridgehead atoms. The van der Waals surface area contributed by atoms with E-state index in [-0.39, 0.29) is 17.3 Å². The number of hydrogen-bond acceptors (Lipinski definition) is 6. The minimum absolute atomic E-state index is 0.0992. The van der Waals surface area contributed by atoms with Crippen LogP contribution in [0.2, 0.25) is 0 Å². The molecule has 1 atom stereocenters. The van der Waals surface area contributed by atoms with Crippen molar-refractivity contribution < 1.29 is 17.9 Å². The maximum absolute atomic E-state index is 14.1. The molecule has 7 nitrogen and oxygen atoms in total. The summed E-state index contributed by atoms with van der Waals surface area (Å²) in [6.45, 7) is 4.98. The second-order valence-electron chi connectivity index (χ2n) is 9.66. The molecule has 1 amide bonds. The Kier molecular flexibility index (Phi) is 7.52. The molecule has 38 heavy (non-hydrogen) atoms. The average Bonchev–Trinajstić information content (AvgIpc) is 3.41. The van der Waals surface area contributed by atoms with E-state index in [2.05, 4.69) is 13.0 Å². The van der Waals surface area contributed by atoms with Crippen molar-refractivity contribution in [2.45, 2.75) is 38.1 Å². The van der Waals surface area contributed by atoms with E-state index in [1.54, 1.807) is 36.3 Å². The number of hydrogen-bond donors (Lipinski definition) is 0. The Bertz CT molecular complexity index is 1510. The molecule has 5 rings (SSSR count). The maximum Gasteiger partial charge on any atom is 0.243 e. The summed E-state index contributed by atoms with van der Waals surface area (Å²) in [5.41, 5.74) is 4.08. The molecule has 0 spiro atoms.